The van der Waals surface area contributed by atoms with Crippen molar-refractivity contribution in [1.82, 2.24) is 5.32 Å². The summed E-state index contributed by atoms with van der Waals surface area (Å²) in [5.41, 5.74) is 0.624. The number of ether oxygens (including phenoxy) is 1. The Morgan fingerprint density at radius 3 is 2.50 bits per heavy atom. The molecule has 1 aromatic rings. The van der Waals surface area contributed by atoms with Crippen LogP contribution in [0.1, 0.15) is 31.2 Å². The van der Waals surface area contributed by atoms with E-state index in [1.807, 2.05) is 0 Å². The Labute approximate surface area is 140 Å². The van der Waals surface area contributed by atoms with Crippen LogP contribution in [0.5, 0.6) is 0 Å². The second kappa shape index (κ2) is 10.2. The Morgan fingerprint density at radius 2 is 1.86 bits per heavy atom. The molecule has 22 heavy (non-hydrogen) atoms. The van der Waals surface area contributed by atoms with Crippen molar-refractivity contribution in [2.75, 3.05) is 13.7 Å². The Balaban J connectivity index is 2.26. The minimum absolute atomic E-state index is 0.205. The first-order valence-electron chi connectivity index (χ1n) is 7.01. The van der Waals surface area contributed by atoms with Gasteiger partial charge >= 0.3 is 5.97 Å². The molecule has 120 valence electrons. The van der Waals surface area contributed by atoms with Gasteiger partial charge in [-0.15, -0.1) is 0 Å². The lowest BCUT2D eigenvalue weighted by molar-refractivity contribution is -0.140. The molecule has 1 amide bonds. The predicted octanol–water partition coefficient (Wildman–Crippen LogP) is 3.86. The minimum Gasteiger partial charge on any atom is -0.469 e. The van der Waals surface area contributed by atoms with Crippen molar-refractivity contribution < 1.29 is 14.3 Å². The topological polar surface area (TPSA) is 55.4 Å². The Morgan fingerprint density at radius 1 is 1.18 bits per heavy atom. The first kappa shape index (κ1) is 18.5. The van der Waals surface area contributed by atoms with Gasteiger partial charge in [-0.05, 0) is 31.1 Å². The van der Waals surface area contributed by atoms with Gasteiger partial charge in [0.15, 0.2) is 0 Å². The molecular weight excluding hydrogens is 325 g/mol. The predicted molar refractivity (Wildman–Crippen MR) is 89.0 cm³/mol. The molecule has 0 saturated heterocycles. The maximum atomic E-state index is 11.7. The zero-order valence-corrected chi connectivity index (χ0v) is 13.9. The van der Waals surface area contributed by atoms with Gasteiger partial charge in [0.1, 0.15) is 0 Å². The number of hydrogen-bond acceptors (Lipinski definition) is 3. The SMILES string of the molecule is COC(=O)CCCCCNC(=O)/C=C/c1c(Cl)cccc1Cl. The van der Waals surface area contributed by atoms with Crippen LogP contribution in [0.2, 0.25) is 10.0 Å². The summed E-state index contributed by atoms with van der Waals surface area (Å²) in [6.45, 7) is 0.556. The number of rotatable bonds is 8. The maximum Gasteiger partial charge on any atom is 0.305 e. The first-order valence-corrected chi connectivity index (χ1v) is 7.77. The van der Waals surface area contributed by atoms with Crippen LogP contribution in [0.4, 0.5) is 0 Å². The zero-order chi connectivity index (χ0) is 16.4. The summed E-state index contributed by atoms with van der Waals surface area (Å²) in [7, 11) is 1.38. The molecule has 0 aromatic heterocycles. The van der Waals surface area contributed by atoms with Crippen LogP contribution >= 0.6 is 23.2 Å². The molecule has 0 atom stereocenters. The van der Waals surface area contributed by atoms with Crippen LogP contribution < -0.4 is 5.32 Å². The molecular formula is C16H19Cl2NO3. The quantitative estimate of drug-likeness (QED) is 0.443. The van der Waals surface area contributed by atoms with Gasteiger partial charge in [0.25, 0.3) is 0 Å². The highest BCUT2D eigenvalue weighted by Crippen LogP contribution is 2.25. The standard InChI is InChI=1S/C16H19Cl2NO3/c1-22-16(21)8-3-2-4-11-19-15(20)10-9-12-13(17)6-5-7-14(12)18/h5-7,9-10H,2-4,8,11H2,1H3,(H,19,20)/b10-9+. The molecule has 1 aromatic carbocycles. The number of hydrogen-bond donors (Lipinski definition) is 1. The number of carbonyl (C=O) groups is 2. The number of halogens is 2. The van der Waals surface area contributed by atoms with Crippen molar-refractivity contribution in [2.45, 2.75) is 25.7 Å². The second-order valence-electron chi connectivity index (χ2n) is 4.65. The molecule has 0 radical (unpaired) electrons. The van der Waals surface area contributed by atoms with Crippen LogP contribution in [-0.4, -0.2) is 25.5 Å². The van der Waals surface area contributed by atoms with E-state index in [2.05, 4.69) is 10.1 Å². The Bertz CT molecular complexity index is 524. The second-order valence-corrected chi connectivity index (χ2v) is 5.46. The van der Waals surface area contributed by atoms with E-state index in [1.165, 1.54) is 13.2 Å². The molecule has 1 rings (SSSR count). The average Bonchev–Trinajstić information content (AvgIpc) is 2.49. The fourth-order valence-electron chi connectivity index (χ4n) is 1.77. The fraction of sp³-hybridized carbons (Fsp3) is 0.375. The molecule has 0 spiro atoms. The average molecular weight is 344 g/mol. The number of unbranched alkanes of at least 4 members (excludes halogenated alkanes) is 2. The van der Waals surface area contributed by atoms with Crippen molar-refractivity contribution >= 4 is 41.2 Å². The smallest absolute Gasteiger partial charge is 0.305 e. The molecule has 1 N–H and O–H groups in total. The molecule has 0 heterocycles. The number of nitrogens with one attached hydrogen (secondary N) is 1. The monoisotopic (exact) mass is 343 g/mol. The Hall–Kier alpha value is -1.52. The Kier molecular flexibility index (Phi) is 8.63. The molecule has 0 bridgehead atoms. The zero-order valence-electron chi connectivity index (χ0n) is 12.4. The molecule has 6 heteroatoms. The highest BCUT2D eigenvalue weighted by molar-refractivity contribution is 6.37. The summed E-state index contributed by atoms with van der Waals surface area (Å²) in [5, 5.41) is 3.76. The van der Waals surface area contributed by atoms with E-state index in [1.54, 1.807) is 24.3 Å². The van der Waals surface area contributed by atoms with Gasteiger partial charge in [-0.3, -0.25) is 9.59 Å². The first-order chi connectivity index (χ1) is 10.5. The molecule has 0 fully saturated rings. The van der Waals surface area contributed by atoms with Gasteiger partial charge in [-0.2, -0.15) is 0 Å². The number of esters is 1. The molecule has 0 unspecified atom stereocenters. The van der Waals surface area contributed by atoms with Gasteiger partial charge in [0.05, 0.1) is 7.11 Å². The lowest BCUT2D eigenvalue weighted by Gasteiger charge is -2.03. The molecule has 0 aliphatic rings. The third-order valence-corrected chi connectivity index (χ3v) is 3.64. The summed E-state index contributed by atoms with van der Waals surface area (Å²) >= 11 is 12.0. The van der Waals surface area contributed by atoms with Gasteiger partial charge in [-0.25, -0.2) is 0 Å². The van der Waals surface area contributed by atoms with Crippen molar-refractivity contribution in [3.63, 3.8) is 0 Å². The van der Waals surface area contributed by atoms with E-state index in [-0.39, 0.29) is 11.9 Å². The maximum absolute atomic E-state index is 11.7. The van der Waals surface area contributed by atoms with Crippen LogP contribution in [0.3, 0.4) is 0 Å². The third-order valence-electron chi connectivity index (χ3n) is 2.99. The highest BCUT2D eigenvalue weighted by Gasteiger charge is 2.03. The summed E-state index contributed by atoms with van der Waals surface area (Å²) in [6.07, 6.45) is 5.83. The molecule has 4 nitrogen and oxygen atoms in total. The number of amides is 1. The van der Waals surface area contributed by atoms with E-state index >= 15 is 0 Å². The van der Waals surface area contributed by atoms with E-state index in [0.29, 0.717) is 28.6 Å². The lowest BCUT2D eigenvalue weighted by Crippen LogP contribution is -2.22. The molecule has 0 saturated carbocycles. The fourth-order valence-corrected chi connectivity index (χ4v) is 2.30. The molecule has 0 aliphatic heterocycles. The lowest BCUT2D eigenvalue weighted by atomic mass is 10.2. The van der Waals surface area contributed by atoms with Gasteiger partial charge in [0, 0.05) is 34.7 Å². The van der Waals surface area contributed by atoms with Crippen molar-refractivity contribution in [3.05, 3.63) is 39.9 Å². The minimum atomic E-state index is -0.205. The number of carbonyl (C=O) groups excluding carboxylic acids is 2. The van der Waals surface area contributed by atoms with Crippen LogP contribution in [0, 0.1) is 0 Å². The normalized spacial score (nSPS) is 10.7. The van der Waals surface area contributed by atoms with Crippen LogP contribution in [-0.2, 0) is 14.3 Å². The van der Waals surface area contributed by atoms with E-state index in [4.69, 9.17) is 23.2 Å². The van der Waals surface area contributed by atoms with Crippen molar-refractivity contribution in [1.29, 1.82) is 0 Å². The number of methoxy groups -OCH3 is 1. The summed E-state index contributed by atoms with van der Waals surface area (Å²) in [6, 6.07) is 5.18. The summed E-state index contributed by atoms with van der Waals surface area (Å²) < 4.78 is 4.55. The summed E-state index contributed by atoms with van der Waals surface area (Å²) in [4.78, 5) is 22.6. The highest BCUT2D eigenvalue weighted by atomic mass is 35.5. The molecule has 0 aliphatic carbocycles. The largest absolute Gasteiger partial charge is 0.469 e. The van der Waals surface area contributed by atoms with Crippen LogP contribution in [0.15, 0.2) is 24.3 Å². The van der Waals surface area contributed by atoms with Gasteiger partial charge < -0.3 is 10.1 Å². The van der Waals surface area contributed by atoms with Crippen molar-refractivity contribution in [2.24, 2.45) is 0 Å². The van der Waals surface area contributed by atoms with Crippen molar-refractivity contribution in [3.8, 4) is 0 Å². The van der Waals surface area contributed by atoms with Gasteiger partial charge in [-0.1, -0.05) is 35.7 Å². The number of benzene rings is 1. The van der Waals surface area contributed by atoms with Gasteiger partial charge in [0.2, 0.25) is 5.91 Å². The summed E-state index contributed by atoms with van der Waals surface area (Å²) in [5.74, 6) is -0.410. The van der Waals surface area contributed by atoms with E-state index < -0.39 is 0 Å². The van der Waals surface area contributed by atoms with E-state index in [9.17, 15) is 9.59 Å². The van der Waals surface area contributed by atoms with Crippen LogP contribution in [0.25, 0.3) is 6.08 Å². The third kappa shape index (κ3) is 6.96. The van der Waals surface area contributed by atoms with E-state index in [0.717, 1.165) is 19.3 Å².